The summed E-state index contributed by atoms with van der Waals surface area (Å²) >= 11 is 0. The van der Waals surface area contributed by atoms with E-state index in [1.807, 2.05) is 62.4 Å². The molecule has 1 saturated heterocycles. The fourth-order valence-electron chi connectivity index (χ4n) is 4.44. The van der Waals surface area contributed by atoms with Gasteiger partial charge in [0.05, 0.1) is 11.6 Å². The van der Waals surface area contributed by atoms with Crippen molar-refractivity contribution in [1.82, 2.24) is 0 Å². The van der Waals surface area contributed by atoms with Crippen LogP contribution in [-0.2, 0) is 9.59 Å². The largest absolute Gasteiger partial charge is 0.508 e. The molecule has 0 aliphatic carbocycles. The summed E-state index contributed by atoms with van der Waals surface area (Å²) in [5.41, 5.74) is 3.71. The van der Waals surface area contributed by atoms with Gasteiger partial charge in [0.1, 0.15) is 11.5 Å². The summed E-state index contributed by atoms with van der Waals surface area (Å²) in [6, 6.07) is 24.2. The first-order valence-corrected chi connectivity index (χ1v) is 11.0. The molecule has 4 aromatic carbocycles. The first-order valence-electron chi connectivity index (χ1n) is 11.0. The minimum Gasteiger partial charge on any atom is -0.508 e. The number of nitrogens with zero attached hydrogens (tertiary/aromatic N) is 1. The zero-order valence-corrected chi connectivity index (χ0v) is 18.8. The van der Waals surface area contributed by atoms with Crippen molar-refractivity contribution in [2.75, 3.05) is 4.90 Å². The smallest absolute Gasteiger partial charge is 0.300 e. The highest BCUT2D eigenvalue weighted by Crippen LogP contribution is 2.43. The highest BCUT2D eigenvalue weighted by Gasteiger charge is 2.47. The van der Waals surface area contributed by atoms with Crippen LogP contribution in [0, 0.1) is 13.8 Å². The molecule has 5 rings (SSSR count). The van der Waals surface area contributed by atoms with Crippen LogP contribution in [0.1, 0.15) is 28.3 Å². The van der Waals surface area contributed by atoms with Crippen LogP contribution in [0.5, 0.6) is 5.75 Å². The molecule has 5 nitrogen and oxygen atoms in total. The van der Waals surface area contributed by atoms with Crippen molar-refractivity contribution in [2.45, 2.75) is 19.9 Å². The molecular formula is C29H23NO4. The summed E-state index contributed by atoms with van der Waals surface area (Å²) in [5, 5.41) is 23.1. The van der Waals surface area contributed by atoms with Crippen molar-refractivity contribution in [3.8, 4) is 5.75 Å². The van der Waals surface area contributed by atoms with Gasteiger partial charge in [-0.25, -0.2) is 0 Å². The summed E-state index contributed by atoms with van der Waals surface area (Å²) in [6.45, 7) is 3.92. The number of aliphatic hydroxyl groups is 1. The molecule has 1 aliphatic heterocycles. The second-order valence-corrected chi connectivity index (χ2v) is 8.59. The van der Waals surface area contributed by atoms with E-state index in [0.717, 1.165) is 21.9 Å². The SMILES string of the molecule is Cc1ccc(N2C(=O)C(=O)/C(=C(\O)c3ccc4ccccc4c3)C2c2ccc(O)cc2)cc1C. The topological polar surface area (TPSA) is 77.8 Å². The van der Waals surface area contributed by atoms with Crippen molar-refractivity contribution in [3.05, 3.63) is 113 Å². The zero-order chi connectivity index (χ0) is 24.0. The minimum absolute atomic E-state index is 0.0178. The lowest BCUT2D eigenvalue weighted by molar-refractivity contribution is -0.132. The second kappa shape index (κ2) is 8.19. The van der Waals surface area contributed by atoms with Crippen molar-refractivity contribution in [3.63, 3.8) is 0 Å². The quantitative estimate of drug-likeness (QED) is 0.236. The van der Waals surface area contributed by atoms with Crippen LogP contribution in [0.15, 0.2) is 90.5 Å². The van der Waals surface area contributed by atoms with Gasteiger partial charge in [0.25, 0.3) is 11.7 Å². The molecule has 168 valence electrons. The standard InChI is InChI=1S/C29H23NO4/c1-17-7-12-23(15-18(17)2)30-26(20-10-13-24(31)14-11-20)25(28(33)29(30)34)27(32)22-9-8-19-5-3-4-6-21(19)16-22/h3-16,26,31-32H,1-2H3/b27-25-. The number of carbonyl (C=O) groups excluding carboxylic acids is 2. The van der Waals surface area contributed by atoms with Crippen molar-refractivity contribution < 1.29 is 19.8 Å². The van der Waals surface area contributed by atoms with E-state index in [-0.39, 0.29) is 17.1 Å². The fraction of sp³-hybridized carbons (Fsp3) is 0.103. The third-order valence-corrected chi connectivity index (χ3v) is 6.44. The van der Waals surface area contributed by atoms with Crippen molar-refractivity contribution in [1.29, 1.82) is 0 Å². The summed E-state index contributed by atoms with van der Waals surface area (Å²) in [5.74, 6) is -1.61. The Labute approximate surface area is 197 Å². The maximum Gasteiger partial charge on any atom is 0.300 e. The molecule has 0 spiro atoms. The molecule has 4 aromatic rings. The highest BCUT2D eigenvalue weighted by atomic mass is 16.3. The monoisotopic (exact) mass is 449 g/mol. The number of benzene rings is 4. The maximum atomic E-state index is 13.3. The third kappa shape index (κ3) is 3.52. The molecular weight excluding hydrogens is 426 g/mol. The van der Waals surface area contributed by atoms with E-state index in [1.54, 1.807) is 24.3 Å². The molecule has 1 aliphatic rings. The number of fused-ring (bicyclic) bond motifs is 1. The number of hydrogen-bond acceptors (Lipinski definition) is 4. The molecule has 0 saturated carbocycles. The molecule has 1 fully saturated rings. The number of anilines is 1. The normalized spacial score (nSPS) is 17.5. The van der Waals surface area contributed by atoms with Gasteiger partial charge in [-0.1, -0.05) is 54.6 Å². The van der Waals surface area contributed by atoms with E-state index in [2.05, 4.69) is 0 Å². The number of hydrogen-bond donors (Lipinski definition) is 2. The number of Topliss-reactive ketones (excluding diaryl/α,β-unsaturated/α-hetero) is 1. The van der Waals surface area contributed by atoms with Crippen molar-refractivity contribution >= 4 is 33.9 Å². The van der Waals surface area contributed by atoms with Crippen LogP contribution < -0.4 is 4.90 Å². The number of rotatable bonds is 3. The van der Waals surface area contributed by atoms with E-state index in [4.69, 9.17) is 0 Å². The van der Waals surface area contributed by atoms with Gasteiger partial charge in [0.2, 0.25) is 0 Å². The van der Waals surface area contributed by atoms with Gasteiger partial charge in [-0.2, -0.15) is 0 Å². The number of aromatic hydroxyl groups is 1. The molecule has 5 heteroatoms. The number of ketones is 1. The van der Waals surface area contributed by atoms with Crippen LogP contribution in [0.4, 0.5) is 5.69 Å². The van der Waals surface area contributed by atoms with Gasteiger partial charge in [-0.3, -0.25) is 14.5 Å². The van der Waals surface area contributed by atoms with Crippen LogP contribution >= 0.6 is 0 Å². The Balaban J connectivity index is 1.73. The lowest BCUT2D eigenvalue weighted by Crippen LogP contribution is -2.29. The molecule has 0 radical (unpaired) electrons. The van der Waals surface area contributed by atoms with Gasteiger partial charge in [-0.05, 0) is 71.6 Å². The molecule has 1 unspecified atom stereocenters. The van der Waals surface area contributed by atoms with Gasteiger partial charge in [0.15, 0.2) is 0 Å². The Morgan fingerprint density at radius 1 is 0.794 bits per heavy atom. The average Bonchev–Trinajstić information content (AvgIpc) is 3.11. The van der Waals surface area contributed by atoms with E-state index in [1.165, 1.54) is 17.0 Å². The van der Waals surface area contributed by atoms with Gasteiger partial charge < -0.3 is 10.2 Å². The van der Waals surface area contributed by atoms with Gasteiger partial charge in [-0.15, -0.1) is 0 Å². The number of aliphatic hydroxyl groups excluding tert-OH is 1. The number of aryl methyl sites for hydroxylation is 2. The molecule has 0 bridgehead atoms. The lowest BCUT2D eigenvalue weighted by Gasteiger charge is -2.26. The van der Waals surface area contributed by atoms with Gasteiger partial charge >= 0.3 is 0 Å². The summed E-state index contributed by atoms with van der Waals surface area (Å²) in [6.07, 6.45) is 0. The number of phenolic OH excluding ortho intramolecular Hbond substituents is 1. The maximum absolute atomic E-state index is 13.3. The Kier molecular flexibility index (Phi) is 5.17. The first kappa shape index (κ1) is 21.5. The predicted molar refractivity (Wildman–Crippen MR) is 133 cm³/mol. The Bertz CT molecular complexity index is 1480. The third-order valence-electron chi connectivity index (χ3n) is 6.44. The molecule has 34 heavy (non-hydrogen) atoms. The Morgan fingerprint density at radius 2 is 1.50 bits per heavy atom. The van der Waals surface area contributed by atoms with E-state index < -0.39 is 17.7 Å². The molecule has 1 amide bonds. The average molecular weight is 450 g/mol. The van der Waals surface area contributed by atoms with Crippen LogP contribution in [0.25, 0.3) is 16.5 Å². The molecule has 1 heterocycles. The van der Waals surface area contributed by atoms with E-state index in [9.17, 15) is 19.8 Å². The van der Waals surface area contributed by atoms with E-state index >= 15 is 0 Å². The number of amides is 1. The number of phenols is 1. The van der Waals surface area contributed by atoms with E-state index in [0.29, 0.717) is 16.8 Å². The molecule has 2 N–H and O–H groups in total. The molecule has 0 aromatic heterocycles. The fourth-order valence-corrected chi connectivity index (χ4v) is 4.44. The second-order valence-electron chi connectivity index (χ2n) is 8.59. The number of carbonyl (C=O) groups is 2. The minimum atomic E-state index is -0.839. The van der Waals surface area contributed by atoms with Crippen molar-refractivity contribution in [2.24, 2.45) is 0 Å². The van der Waals surface area contributed by atoms with Crippen LogP contribution in [0.2, 0.25) is 0 Å². The van der Waals surface area contributed by atoms with Crippen LogP contribution in [-0.4, -0.2) is 21.9 Å². The summed E-state index contributed by atoms with van der Waals surface area (Å²) in [4.78, 5) is 28.0. The van der Waals surface area contributed by atoms with Gasteiger partial charge in [0, 0.05) is 11.3 Å². The molecule has 1 atom stereocenters. The summed E-state index contributed by atoms with van der Waals surface area (Å²) < 4.78 is 0. The zero-order valence-electron chi connectivity index (χ0n) is 18.8. The van der Waals surface area contributed by atoms with Crippen LogP contribution in [0.3, 0.4) is 0 Å². The Morgan fingerprint density at radius 3 is 2.21 bits per heavy atom. The predicted octanol–water partition coefficient (Wildman–Crippen LogP) is 5.79. The first-order chi connectivity index (χ1) is 16.3. The highest BCUT2D eigenvalue weighted by molar-refractivity contribution is 6.51. The Hall–Kier alpha value is -4.38. The summed E-state index contributed by atoms with van der Waals surface area (Å²) in [7, 11) is 0. The lowest BCUT2D eigenvalue weighted by atomic mass is 9.94.